The van der Waals surface area contributed by atoms with Crippen LogP contribution in [0.1, 0.15) is 11.7 Å². The van der Waals surface area contributed by atoms with Crippen molar-refractivity contribution in [3.8, 4) is 0 Å². The van der Waals surface area contributed by atoms with E-state index in [0.29, 0.717) is 0 Å². The van der Waals surface area contributed by atoms with Crippen LogP contribution in [0.15, 0.2) is 17.0 Å². The molecule has 11 heteroatoms. The van der Waals surface area contributed by atoms with Gasteiger partial charge in [-0.25, -0.2) is 9.55 Å². The second kappa shape index (κ2) is 4.97. The van der Waals surface area contributed by atoms with Crippen LogP contribution in [0.5, 0.6) is 0 Å². The number of hydrogen-bond donors (Lipinski definition) is 0. The van der Waals surface area contributed by atoms with Gasteiger partial charge in [-0.15, -0.1) is 10.2 Å². The first-order chi connectivity index (χ1) is 9.00. The fourth-order valence-corrected chi connectivity index (χ4v) is 1.89. The van der Waals surface area contributed by atoms with Crippen LogP contribution >= 0.6 is 0 Å². The molecule has 0 aliphatic heterocycles. The summed E-state index contributed by atoms with van der Waals surface area (Å²) in [7, 11) is -1.18. The average molecular weight is 285 g/mol. The molecule has 0 bridgehead atoms. The number of aromatic nitrogens is 4. The number of hydrogen-bond acceptors (Lipinski definition) is 8. The third kappa shape index (κ3) is 2.49. The van der Waals surface area contributed by atoms with Gasteiger partial charge < -0.3 is 14.5 Å². The highest BCUT2D eigenvalue weighted by Crippen LogP contribution is 2.13. The van der Waals surface area contributed by atoms with Crippen molar-refractivity contribution in [2.75, 3.05) is 0 Å². The molecule has 19 heavy (non-hydrogen) atoms. The summed E-state index contributed by atoms with van der Waals surface area (Å²) < 4.78 is 28.2. The Bertz CT molecular complexity index is 737. The van der Waals surface area contributed by atoms with Gasteiger partial charge in [0.1, 0.15) is 11.1 Å². The molecule has 0 aliphatic carbocycles. The van der Waals surface area contributed by atoms with E-state index in [1.807, 2.05) is 0 Å². The Kier molecular flexibility index (Phi) is 3.37. The van der Waals surface area contributed by atoms with Gasteiger partial charge in [0, 0.05) is 0 Å². The number of rotatable bonds is 4. The van der Waals surface area contributed by atoms with Crippen molar-refractivity contribution >= 4 is 21.0 Å². The molecule has 0 amide bonds. The Morgan fingerprint density at radius 3 is 2.79 bits per heavy atom. The fraction of sp³-hybridized carbons (Fsp3) is 0.250. The summed E-state index contributed by atoms with van der Waals surface area (Å²) in [6.45, 7) is 0. The minimum absolute atomic E-state index is 0.168. The van der Waals surface area contributed by atoms with Gasteiger partial charge in [0.05, 0.1) is 13.5 Å². The molecule has 0 atom stereocenters. The zero-order valence-corrected chi connectivity index (χ0v) is 10.4. The van der Waals surface area contributed by atoms with Crippen molar-refractivity contribution in [3.63, 3.8) is 0 Å². The highest BCUT2D eigenvalue weighted by atomic mass is 32.2. The van der Waals surface area contributed by atoms with E-state index in [0.717, 1.165) is 12.6 Å². The van der Waals surface area contributed by atoms with Crippen LogP contribution in [0.25, 0.3) is 0 Å². The first-order valence-corrected chi connectivity index (χ1v) is 5.94. The smallest absolute Gasteiger partial charge is 0.342 e. The minimum Gasteiger partial charge on any atom is -0.423 e. The first-order valence-electron chi connectivity index (χ1n) is 4.87. The molecule has 0 saturated carbocycles. The van der Waals surface area contributed by atoms with Crippen LogP contribution in [0.2, 0.25) is 0 Å². The lowest BCUT2D eigenvalue weighted by molar-refractivity contribution is -0.391. The molecule has 0 N–H and O–H groups in total. The van der Waals surface area contributed by atoms with Gasteiger partial charge >= 0.3 is 5.82 Å². The largest absolute Gasteiger partial charge is 0.423 e. The highest BCUT2D eigenvalue weighted by Gasteiger charge is 2.21. The summed E-state index contributed by atoms with van der Waals surface area (Å²) in [6.07, 6.45) is 1.86. The van der Waals surface area contributed by atoms with E-state index in [9.17, 15) is 18.5 Å². The summed E-state index contributed by atoms with van der Waals surface area (Å²) in [5, 5.41) is 17.5. The Balaban J connectivity index is 2.40. The summed E-state index contributed by atoms with van der Waals surface area (Å²) in [6, 6.07) is 0. The van der Waals surface area contributed by atoms with Gasteiger partial charge in [-0.1, -0.05) is 0 Å². The molecule has 2 aromatic rings. The lowest BCUT2D eigenvalue weighted by Gasteiger charge is -1.97. The summed E-state index contributed by atoms with van der Waals surface area (Å²) in [5.41, 5.74) is 0. The molecule has 0 aromatic carbocycles. The van der Waals surface area contributed by atoms with E-state index < -0.39 is 15.2 Å². The molecule has 2 rings (SSSR count). The van der Waals surface area contributed by atoms with Gasteiger partial charge in [-0.3, -0.25) is 0 Å². The van der Waals surface area contributed by atoms with Crippen LogP contribution in [-0.4, -0.2) is 38.0 Å². The SMILES string of the molecule is Cn1c([N+](=O)[O-])cnc1CC(c1nnco1)=S(=O)=O. The molecule has 10 nitrogen and oxygen atoms in total. The molecule has 0 spiro atoms. The third-order valence-electron chi connectivity index (χ3n) is 2.37. The Hall–Kier alpha value is -2.56. The average Bonchev–Trinajstić information content (AvgIpc) is 2.95. The predicted octanol–water partition coefficient (Wildman–Crippen LogP) is -0.646. The van der Waals surface area contributed by atoms with E-state index >= 15 is 0 Å². The first kappa shape index (κ1) is 12.9. The van der Waals surface area contributed by atoms with Crippen molar-refractivity contribution in [2.24, 2.45) is 7.05 Å². The van der Waals surface area contributed by atoms with E-state index in [-0.39, 0.29) is 28.8 Å². The quantitative estimate of drug-likeness (QED) is 0.313. The minimum atomic E-state index is -2.60. The number of nitrogens with zero attached hydrogens (tertiary/aromatic N) is 5. The van der Waals surface area contributed by atoms with Crippen molar-refractivity contribution in [1.82, 2.24) is 19.7 Å². The van der Waals surface area contributed by atoms with E-state index in [1.54, 1.807) is 0 Å². The third-order valence-corrected chi connectivity index (χ3v) is 3.09. The Morgan fingerprint density at radius 2 is 2.32 bits per heavy atom. The van der Waals surface area contributed by atoms with Crippen molar-refractivity contribution in [2.45, 2.75) is 6.42 Å². The van der Waals surface area contributed by atoms with Crippen LogP contribution in [0, 0.1) is 10.1 Å². The monoisotopic (exact) mass is 285 g/mol. The van der Waals surface area contributed by atoms with Gasteiger partial charge in [-0.05, 0) is 4.92 Å². The summed E-state index contributed by atoms with van der Waals surface area (Å²) in [5.74, 6) is -0.209. The second-order valence-electron chi connectivity index (χ2n) is 3.43. The maximum atomic E-state index is 11.1. The zero-order chi connectivity index (χ0) is 14.0. The lowest BCUT2D eigenvalue weighted by Crippen LogP contribution is -2.12. The topological polar surface area (TPSA) is 134 Å². The molecule has 0 saturated heterocycles. The van der Waals surface area contributed by atoms with Crippen LogP contribution in [0.3, 0.4) is 0 Å². The van der Waals surface area contributed by atoms with E-state index in [1.165, 1.54) is 11.6 Å². The highest BCUT2D eigenvalue weighted by molar-refractivity contribution is 7.73. The molecule has 0 unspecified atom stereocenters. The molecular weight excluding hydrogens is 278 g/mol. The maximum absolute atomic E-state index is 11.1. The van der Waals surface area contributed by atoms with Crippen LogP contribution < -0.4 is 0 Å². The molecule has 100 valence electrons. The van der Waals surface area contributed by atoms with Crippen molar-refractivity contribution in [1.29, 1.82) is 0 Å². The van der Waals surface area contributed by atoms with Gasteiger partial charge in [0.2, 0.25) is 22.5 Å². The van der Waals surface area contributed by atoms with Crippen LogP contribution in [-0.2, 0) is 23.8 Å². The van der Waals surface area contributed by atoms with Gasteiger partial charge in [0.25, 0.3) is 5.89 Å². The van der Waals surface area contributed by atoms with E-state index in [2.05, 4.69) is 15.2 Å². The second-order valence-corrected chi connectivity index (χ2v) is 4.39. The molecule has 0 radical (unpaired) electrons. The molecule has 0 aliphatic rings. The van der Waals surface area contributed by atoms with Crippen LogP contribution in [0.4, 0.5) is 5.82 Å². The number of imidazole rings is 1. The van der Waals surface area contributed by atoms with Gasteiger partial charge in [0.15, 0.2) is 0 Å². The normalized spacial score (nSPS) is 10.4. The standard InChI is InChI=1S/C8H7N5O5S/c1-12-6(9-3-7(12)13(14)15)2-5(19(16)17)8-11-10-4-18-8/h3-4H,2H2,1H3. The van der Waals surface area contributed by atoms with Crippen molar-refractivity contribution < 1.29 is 17.8 Å². The Morgan fingerprint density at radius 1 is 1.58 bits per heavy atom. The summed E-state index contributed by atoms with van der Waals surface area (Å²) in [4.78, 5) is 13.7. The molecule has 0 fully saturated rings. The van der Waals surface area contributed by atoms with Gasteiger partial charge in [-0.2, -0.15) is 8.42 Å². The maximum Gasteiger partial charge on any atom is 0.342 e. The zero-order valence-electron chi connectivity index (χ0n) is 9.55. The summed E-state index contributed by atoms with van der Waals surface area (Å²) >= 11 is 0. The number of nitro groups is 1. The van der Waals surface area contributed by atoms with E-state index in [4.69, 9.17) is 4.42 Å². The molecule has 2 heterocycles. The van der Waals surface area contributed by atoms with Crippen molar-refractivity contribution in [3.05, 3.63) is 34.4 Å². The fourth-order valence-electron chi connectivity index (χ4n) is 1.42. The molecule has 2 aromatic heterocycles. The lowest BCUT2D eigenvalue weighted by atomic mass is 10.3. The predicted molar refractivity (Wildman–Crippen MR) is 60.9 cm³/mol. The molecular formula is C8H7N5O5S. The Labute approximate surface area is 107 Å².